The summed E-state index contributed by atoms with van der Waals surface area (Å²) < 4.78 is 8.30. The average molecular weight is 447 g/mol. The van der Waals surface area contributed by atoms with Crippen LogP contribution in [0.2, 0.25) is 0 Å². The fourth-order valence-electron chi connectivity index (χ4n) is 3.59. The van der Waals surface area contributed by atoms with Gasteiger partial charge < -0.3 is 15.0 Å². The Labute approximate surface area is 189 Å². The maximum absolute atomic E-state index is 12.7. The Morgan fingerprint density at radius 3 is 2.55 bits per heavy atom. The zero-order valence-corrected chi connectivity index (χ0v) is 18.5. The van der Waals surface area contributed by atoms with E-state index < -0.39 is 0 Å². The van der Waals surface area contributed by atoms with Crippen LogP contribution in [-0.2, 0) is 24.9 Å². The molecule has 0 atom stereocenters. The number of H-pyrrole nitrogens is 1. The van der Waals surface area contributed by atoms with E-state index in [0.717, 1.165) is 11.1 Å². The Morgan fingerprint density at radius 2 is 1.85 bits per heavy atom. The first-order valence-electron chi connectivity index (χ1n) is 10.7. The number of aryl methyl sites for hydroxylation is 1. The van der Waals surface area contributed by atoms with Crippen LogP contribution in [0.5, 0.6) is 5.75 Å². The van der Waals surface area contributed by atoms with Crippen LogP contribution in [0.4, 0.5) is 0 Å². The van der Waals surface area contributed by atoms with Gasteiger partial charge in [-0.3, -0.25) is 23.7 Å². The number of rotatable bonds is 8. The van der Waals surface area contributed by atoms with Crippen LogP contribution in [0.15, 0.2) is 64.4 Å². The SMILES string of the molecule is CCCn1c(=O)c2[nH]c(-c3ccc(OCC(=O)NCc4ccncc4)cc3)cc2n(C)c1=O. The van der Waals surface area contributed by atoms with E-state index in [1.165, 1.54) is 9.13 Å². The number of hydrogen-bond donors (Lipinski definition) is 2. The quantitative estimate of drug-likeness (QED) is 0.430. The van der Waals surface area contributed by atoms with Gasteiger partial charge in [-0.15, -0.1) is 0 Å². The number of fused-ring (bicyclic) bond motifs is 1. The van der Waals surface area contributed by atoms with Gasteiger partial charge >= 0.3 is 5.69 Å². The normalized spacial score (nSPS) is 11.0. The number of carbonyl (C=O) groups excluding carboxylic acids is 1. The minimum atomic E-state index is -0.328. The lowest BCUT2D eigenvalue weighted by molar-refractivity contribution is -0.123. The third kappa shape index (κ3) is 4.72. The maximum Gasteiger partial charge on any atom is 0.331 e. The highest BCUT2D eigenvalue weighted by atomic mass is 16.5. The van der Waals surface area contributed by atoms with Gasteiger partial charge in [0.2, 0.25) is 0 Å². The highest BCUT2D eigenvalue weighted by Crippen LogP contribution is 2.24. The topological polar surface area (TPSA) is 111 Å². The van der Waals surface area contributed by atoms with E-state index in [2.05, 4.69) is 15.3 Å². The second-order valence-electron chi connectivity index (χ2n) is 7.69. The molecule has 0 unspecified atom stereocenters. The van der Waals surface area contributed by atoms with Gasteiger partial charge in [-0.25, -0.2) is 4.79 Å². The van der Waals surface area contributed by atoms with Crippen LogP contribution in [0.3, 0.4) is 0 Å². The number of amides is 1. The van der Waals surface area contributed by atoms with E-state index >= 15 is 0 Å². The molecule has 0 fully saturated rings. The van der Waals surface area contributed by atoms with Crippen molar-refractivity contribution in [1.82, 2.24) is 24.4 Å². The Hall–Kier alpha value is -4.14. The molecule has 4 rings (SSSR count). The predicted octanol–water partition coefficient (Wildman–Crippen LogP) is 2.20. The number of benzene rings is 1. The molecule has 1 amide bonds. The van der Waals surface area contributed by atoms with Crippen molar-refractivity contribution in [1.29, 1.82) is 0 Å². The molecule has 3 heterocycles. The zero-order chi connectivity index (χ0) is 23.4. The van der Waals surface area contributed by atoms with Gasteiger partial charge in [-0.05, 0) is 60.0 Å². The molecular formula is C24H25N5O4. The molecule has 0 aliphatic heterocycles. The Kier molecular flexibility index (Phi) is 6.39. The summed E-state index contributed by atoms with van der Waals surface area (Å²) >= 11 is 0. The van der Waals surface area contributed by atoms with Gasteiger partial charge in [0.1, 0.15) is 11.3 Å². The number of aromatic amines is 1. The molecule has 2 N–H and O–H groups in total. The molecule has 0 aliphatic carbocycles. The number of aromatic nitrogens is 4. The summed E-state index contributed by atoms with van der Waals surface area (Å²) in [5.41, 5.74) is 2.80. The third-order valence-electron chi connectivity index (χ3n) is 5.36. The zero-order valence-electron chi connectivity index (χ0n) is 18.5. The molecule has 0 saturated heterocycles. The number of nitrogens with zero attached hydrogens (tertiary/aromatic N) is 3. The fraction of sp³-hybridized carbons (Fsp3) is 0.250. The van der Waals surface area contributed by atoms with Crippen LogP contribution in [0, 0.1) is 0 Å². The number of hydrogen-bond acceptors (Lipinski definition) is 5. The predicted molar refractivity (Wildman–Crippen MR) is 125 cm³/mol. The molecular weight excluding hydrogens is 422 g/mol. The highest BCUT2D eigenvalue weighted by molar-refractivity contribution is 5.82. The lowest BCUT2D eigenvalue weighted by Crippen LogP contribution is -2.38. The second-order valence-corrected chi connectivity index (χ2v) is 7.69. The molecule has 0 saturated carbocycles. The summed E-state index contributed by atoms with van der Waals surface area (Å²) in [6.45, 7) is 2.60. The van der Waals surface area contributed by atoms with Crippen molar-refractivity contribution >= 4 is 16.9 Å². The lowest BCUT2D eigenvalue weighted by atomic mass is 10.1. The molecule has 4 aromatic rings. The number of carbonyl (C=O) groups is 1. The number of ether oxygens (including phenoxy) is 1. The summed E-state index contributed by atoms with van der Waals surface area (Å²) in [6.07, 6.45) is 4.04. The van der Waals surface area contributed by atoms with Crippen molar-refractivity contribution in [2.45, 2.75) is 26.4 Å². The van der Waals surface area contributed by atoms with Crippen molar-refractivity contribution in [3.05, 3.63) is 81.3 Å². The van der Waals surface area contributed by atoms with Gasteiger partial charge in [0.25, 0.3) is 11.5 Å². The molecule has 9 nitrogen and oxygen atoms in total. The fourth-order valence-corrected chi connectivity index (χ4v) is 3.59. The van der Waals surface area contributed by atoms with Crippen LogP contribution < -0.4 is 21.3 Å². The van der Waals surface area contributed by atoms with Crippen molar-refractivity contribution < 1.29 is 9.53 Å². The summed E-state index contributed by atoms with van der Waals surface area (Å²) in [5, 5.41) is 2.79. The number of pyridine rings is 1. The Balaban J connectivity index is 1.45. The monoisotopic (exact) mass is 447 g/mol. The van der Waals surface area contributed by atoms with Crippen LogP contribution >= 0.6 is 0 Å². The molecule has 0 spiro atoms. The van der Waals surface area contributed by atoms with Crippen molar-refractivity contribution in [2.75, 3.05) is 6.61 Å². The van der Waals surface area contributed by atoms with Gasteiger partial charge in [0.15, 0.2) is 6.61 Å². The van der Waals surface area contributed by atoms with E-state index in [-0.39, 0.29) is 23.8 Å². The van der Waals surface area contributed by atoms with E-state index in [0.29, 0.717) is 42.0 Å². The lowest BCUT2D eigenvalue weighted by Gasteiger charge is -2.08. The van der Waals surface area contributed by atoms with Crippen molar-refractivity contribution in [3.63, 3.8) is 0 Å². The van der Waals surface area contributed by atoms with Crippen LogP contribution in [-0.4, -0.2) is 31.6 Å². The smallest absolute Gasteiger partial charge is 0.331 e. The van der Waals surface area contributed by atoms with E-state index in [9.17, 15) is 14.4 Å². The second kappa shape index (κ2) is 9.56. The molecule has 9 heteroatoms. The molecule has 1 aromatic carbocycles. The number of nitrogens with one attached hydrogen (secondary N) is 2. The van der Waals surface area contributed by atoms with Gasteiger partial charge in [-0.2, -0.15) is 0 Å². The first kappa shape index (κ1) is 22.1. The molecule has 0 aliphatic rings. The Morgan fingerprint density at radius 1 is 1.12 bits per heavy atom. The summed E-state index contributed by atoms with van der Waals surface area (Å²) in [4.78, 5) is 44.4. The maximum atomic E-state index is 12.7. The van der Waals surface area contributed by atoms with Crippen LogP contribution in [0.1, 0.15) is 18.9 Å². The molecule has 33 heavy (non-hydrogen) atoms. The standard InChI is InChI=1S/C24H25N5O4/c1-3-12-29-23(31)22-20(28(2)24(29)32)13-19(27-22)17-4-6-18(7-5-17)33-15-21(30)26-14-16-8-10-25-11-9-16/h4-11,13,27H,3,12,14-15H2,1-2H3,(H,26,30). The highest BCUT2D eigenvalue weighted by Gasteiger charge is 2.14. The molecule has 170 valence electrons. The van der Waals surface area contributed by atoms with Crippen molar-refractivity contribution in [2.24, 2.45) is 7.05 Å². The molecule has 3 aromatic heterocycles. The molecule has 0 radical (unpaired) electrons. The van der Waals surface area contributed by atoms with E-state index in [1.807, 2.05) is 31.2 Å². The van der Waals surface area contributed by atoms with E-state index in [1.54, 1.807) is 37.6 Å². The van der Waals surface area contributed by atoms with Crippen molar-refractivity contribution in [3.8, 4) is 17.0 Å². The summed E-state index contributed by atoms with van der Waals surface area (Å²) in [7, 11) is 1.66. The molecule has 0 bridgehead atoms. The summed E-state index contributed by atoms with van der Waals surface area (Å²) in [6, 6.07) is 12.6. The third-order valence-corrected chi connectivity index (χ3v) is 5.36. The first-order chi connectivity index (χ1) is 16.0. The minimum absolute atomic E-state index is 0.101. The van der Waals surface area contributed by atoms with Gasteiger partial charge in [0.05, 0.1) is 5.52 Å². The van der Waals surface area contributed by atoms with Crippen LogP contribution in [0.25, 0.3) is 22.3 Å². The van der Waals surface area contributed by atoms with Gasteiger partial charge in [-0.1, -0.05) is 6.92 Å². The first-order valence-corrected chi connectivity index (χ1v) is 10.7. The van der Waals surface area contributed by atoms with E-state index in [4.69, 9.17) is 4.74 Å². The van der Waals surface area contributed by atoms with Gasteiger partial charge in [0, 0.05) is 38.2 Å². The minimum Gasteiger partial charge on any atom is -0.484 e. The summed E-state index contributed by atoms with van der Waals surface area (Å²) in [5.74, 6) is 0.322. The average Bonchev–Trinajstić information content (AvgIpc) is 3.30. The Bertz CT molecular complexity index is 1380. The largest absolute Gasteiger partial charge is 0.484 e.